The van der Waals surface area contributed by atoms with Crippen molar-refractivity contribution in [2.24, 2.45) is 0 Å². The lowest BCUT2D eigenvalue weighted by Gasteiger charge is -2.03. The fraction of sp³-hybridized carbons (Fsp3) is 0.100. The third kappa shape index (κ3) is 2.20. The number of hydrogen-bond acceptors (Lipinski definition) is 3. The van der Waals surface area contributed by atoms with E-state index in [1.54, 1.807) is 24.5 Å². The van der Waals surface area contributed by atoms with E-state index in [0.29, 0.717) is 6.54 Å². The lowest BCUT2D eigenvalue weighted by Crippen LogP contribution is -2.04. The smallest absolute Gasteiger partial charge is 0.337 e. The summed E-state index contributed by atoms with van der Waals surface area (Å²) in [6.07, 6.45) is 3.15. The van der Waals surface area contributed by atoms with Crippen molar-refractivity contribution in [3.05, 3.63) is 46.7 Å². The highest BCUT2D eigenvalue weighted by Crippen LogP contribution is 2.18. The number of aromatic carboxylic acids is 1. The first-order valence-corrected chi connectivity index (χ1v) is 4.90. The van der Waals surface area contributed by atoms with Crippen LogP contribution in [0.3, 0.4) is 0 Å². The molecule has 5 nitrogen and oxygen atoms in total. The third-order valence-corrected chi connectivity index (χ3v) is 2.37. The SMILES string of the molecule is O=C(O)c1ccc(Cn2nccn2)cc1Cl. The van der Waals surface area contributed by atoms with E-state index in [4.69, 9.17) is 16.7 Å². The summed E-state index contributed by atoms with van der Waals surface area (Å²) in [4.78, 5) is 12.2. The van der Waals surface area contributed by atoms with Crippen LogP contribution in [0.4, 0.5) is 0 Å². The summed E-state index contributed by atoms with van der Waals surface area (Å²) >= 11 is 5.83. The van der Waals surface area contributed by atoms with Crippen LogP contribution < -0.4 is 0 Å². The Labute approximate surface area is 96.3 Å². The van der Waals surface area contributed by atoms with Crippen LogP contribution in [0.2, 0.25) is 5.02 Å². The average Bonchev–Trinajstić information content (AvgIpc) is 2.70. The van der Waals surface area contributed by atoms with Crippen LogP contribution >= 0.6 is 11.6 Å². The highest BCUT2D eigenvalue weighted by atomic mass is 35.5. The van der Waals surface area contributed by atoms with Gasteiger partial charge in [0.25, 0.3) is 0 Å². The van der Waals surface area contributed by atoms with Crippen LogP contribution in [0.25, 0.3) is 0 Å². The van der Waals surface area contributed by atoms with E-state index in [9.17, 15) is 4.79 Å². The number of rotatable bonds is 3. The number of carbonyl (C=O) groups is 1. The number of hydrogen-bond donors (Lipinski definition) is 1. The molecule has 0 saturated carbocycles. The van der Waals surface area contributed by atoms with Crippen LogP contribution in [-0.4, -0.2) is 26.1 Å². The molecule has 0 aliphatic rings. The molecule has 82 valence electrons. The molecule has 0 spiro atoms. The number of benzene rings is 1. The molecule has 0 bridgehead atoms. The van der Waals surface area contributed by atoms with Crippen LogP contribution in [-0.2, 0) is 6.54 Å². The Kier molecular flexibility index (Phi) is 2.87. The normalized spacial score (nSPS) is 10.3. The van der Waals surface area contributed by atoms with Gasteiger partial charge in [0.05, 0.1) is 29.5 Å². The van der Waals surface area contributed by atoms with Gasteiger partial charge in [0.2, 0.25) is 0 Å². The molecule has 1 aromatic carbocycles. The monoisotopic (exact) mass is 237 g/mol. The van der Waals surface area contributed by atoms with Crippen molar-refractivity contribution in [2.45, 2.75) is 6.54 Å². The Hall–Kier alpha value is -1.88. The summed E-state index contributed by atoms with van der Waals surface area (Å²) in [5.74, 6) is -1.03. The van der Waals surface area contributed by atoms with Crippen molar-refractivity contribution in [3.8, 4) is 0 Å². The second-order valence-corrected chi connectivity index (χ2v) is 3.59. The summed E-state index contributed by atoms with van der Waals surface area (Å²) in [6.45, 7) is 0.465. The molecule has 1 heterocycles. The van der Waals surface area contributed by atoms with Gasteiger partial charge in [0.1, 0.15) is 0 Å². The molecule has 0 aliphatic heterocycles. The first-order chi connectivity index (χ1) is 7.66. The molecule has 16 heavy (non-hydrogen) atoms. The molecule has 1 N–H and O–H groups in total. The summed E-state index contributed by atoms with van der Waals surface area (Å²) in [5, 5.41) is 16.9. The van der Waals surface area contributed by atoms with E-state index in [0.717, 1.165) is 5.56 Å². The molecule has 0 atom stereocenters. The van der Waals surface area contributed by atoms with Crippen molar-refractivity contribution in [2.75, 3.05) is 0 Å². The third-order valence-electron chi connectivity index (χ3n) is 2.05. The van der Waals surface area contributed by atoms with Gasteiger partial charge in [-0.25, -0.2) is 4.79 Å². The van der Waals surface area contributed by atoms with Gasteiger partial charge in [0, 0.05) is 0 Å². The Bertz CT molecular complexity index is 511. The summed E-state index contributed by atoms with van der Waals surface area (Å²) in [6, 6.07) is 4.77. The van der Waals surface area contributed by atoms with Crippen molar-refractivity contribution in [1.82, 2.24) is 15.0 Å². The fourth-order valence-corrected chi connectivity index (χ4v) is 1.60. The lowest BCUT2D eigenvalue weighted by molar-refractivity contribution is 0.0697. The largest absolute Gasteiger partial charge is 0.478 e. The molecule has 0 saturated heterocycles. The van der Waals surface area contributed by atoms with Gasteiger partial charge in [-0.05, 0) is 17.7 Å². The van der Waals surface area contributed by atoms with Gasteiger partial charge in [-0.1, -0.05) is 17.7 Å². The molecule has 0 unspecified atom stereocenters. The number of carboxylic acids is 1. The number of carboxylic acid groups (broad SMARTS) is 1. The molecule has 0 fully saturated rings. The predicted octanol–water partition coefficient (Wildman–Crippen LogP) is 1.68. The van der Waals surface area contributed by atoms with Gasteiger partial charge in [-0.3, -0.25) is 0 Å². The number of nitrogens with zero attached hydrogens (tertiary/aromatic N) is 3. The number of halogens is 1. The molecule has 2 rings (SSSR count). The van der Waals surface area contributed by atoms with Crippen LogP contribution in [0.5, 0.6) is 0 Å². The fourth-order valence-electron chi connectivity index (χ4n) is 1.32. The summed E-state index contributed by atoms with van der Waals surface area (Å²) in [5.41, 5.74) is 0.949. The maximum atomic E-state index is 10.7. The molecule has 6 heteroatoms. The topological polar surface area (TPSA) is 68.0 Å². The quantitative estimate of drug-likeness (QED) is 0.882. The van der Waals surface area contributed by atoms with E-state index in [1.807, 2.05) is 0 Å². The molecule has 0 aliphatic carbocycles. The van der Waals surface area contributed by atoms with E-state index < -0.39 is 5.97 Å². The second kappa shape index (κ2) is 4.32. The Morgan fingerprint density at radius 3 is 2.62 bits per heavy atom. The van der Waals surface area contributed by atoms with Gasteiger partial charge in [-0.2, -0.15) is 15.0 Å². The first kappa shape index (κ1) is 10.6. The minimum atomic E-state index is -1.03. The van der Waals surface area contributed by atoms with E-state index in [1.165, 1.54) is 10.9 Å². The van der Waals surface area contributed by atoms with E-state index in [-0.39, 0.29) is 10.6 Å². The van der Waals surface area contributed by atoms with Crippen LogP contribution in [0.15, 0.2) is 30.6 Å². The van der Waals surface area contributed by atoms with Crippen molar-refractivity contribution >= 4 is 17.6 Å². The van der Waals surface area contributed by atoms with Crippen molar-refractivity contribution < 1.29 is 9.90 Å². The van der Waals surface area contributed by atoms with Gasteiger partial charge in [-0.15, -0.1) is 0 Å². The maximum Gasteiger partial charge on any atom is 0.337 e. The van der Waals surface area contributed by atoms with Gasteiger partial charge < -0.3 is 5.11 Å². The zero-order chi connectivity index (χ0) is 11.5. The standard InChI is InChI=1S/C10H8ClN3O2/c11-9-5-7(1-2-8(9)10(15)16)6-14-12-3-4-13-14/h1-5H,6H2,(H,15,16). The van der Waals surface area contributed by atoms with Gasteiger partial charge >= 0.3 is 5.97 Å². The highest BCUT2D eigenvalue weighted by Gasteiger charge is 2.09. The Balaban J connectivity index is 2.24. The second-order valence-electron chi connectivity index (χ2n) is 3.18. The maximum absolute atomic E-state index is 10.7. The Morgan fingerprint density at radius 2 is 2.06 bits per heavy atom. The number of aromatic nitrogens is 3. The van der Waals surface area contributed by atoms with Crippen molar-refractivity contribution in [1.29, 1.82) is 0 Å². The Morgan fingerprint density at radius 1 is 1.38 bits per heavy atom. The zero-order valence-corrected chi connectivity index (χ0v) is 8.92. The van der Waals surface area contributed by atoms with Crippen LogP contribution in [0, 0.1) is 0 Å². The molecule has 0 amide bonds. The molecule has 2 aromatic rings. The first-order valence-electron chi connectivity index (χ1n) is 4.52. The minimum absolute atomic E-state index is 0.0961. The summed E-state index contributed by atoms with van der Waals surface area (Å²) < 4.78 is 0. The molecule has 0 radical (unpaired) electrons. The molecular formula is C10H8ClN3O2. The van der Waals surface area contributed by atoms with Gasteiger partial charge in [0.15, 0.2) is 0 Å². The van der Waals surface area contributed by atoms with E-state index >= 15 is 0 Å². The predicted molar refractivity (Wildman–Crippen MR) is 57.5 cm³/mol. The lowest BCUT2D eigenvalue weighted by atomic mass is 10.1. The van der Waals surface area contributed by atoms with E-state index in [2.05, 4.69) is 10.2 Å². The van der Waals surface area contributed by atoms with Crippen LogP contribution in [0.1, 0.15) is 15.9 Å². The van der Waals surface area contributed by atoms with Crippen molar-refractivity contribution in [3.63, 3.8) is 0 Å². The molecular weight excluding hydrogens is 230 g/mol. The summed E-state index contributed by atoms with van der Waals surface area (Å²) in [7, 11) is 0. The highest BCUT2D eigenvalue weighted by molar-refractivity contribution is 6.33. The zero-order valence-electron chi connectivity index (χ0n) is 8.17. The minimum Gasteiger partial charge on any atom is -0.478 e. The average molecular weight is 238 g/mol. The molecule has 1 aromatic heterocycles.